The number of hydrogen-bond donors (Lipinski definition) is 1. The molecule has 2 aromatic rings. The Morgan fingerprint density at radius 3 is 2.88 bits per heavy atom. The van der Waals surface area contributed by atoms with Crippen LogP contribution < -0.4 is 5.32 Å². The van der Waals surface area contributed by atoms with Gasteiger partial charge in [-0.2, -0.15) is 0 Å². The van der Waals surface area contributed by atoms with Gasteiger partial charge in [0.1, 0.15) is 4.60 Å². The van der Waals surface area contributed by atoms with Crippen LogP contribution in [0.5, 0.6) is 0 Å². The van der Waals surface area contributed by atoms with E-state index in [0.29, 0.717) is 5.69 Å². The quantitative estimate of drug-likeness (QED) is 0.861. The summed E-state index contributed by atoms with van der Waals surface area (Å²) in [6.07, 6.45) is 1.56. The third-order valence-corrected chi connectivity index (χ3v) is 3.10. The molecule has 0 unspecified atom stereocenters. The van der Waals surface area contributed by atoms with Gasteiger partial charge in [0.05, 0.1) is 11.9 Å². The third kappa shape index (κ3) is 2.87. The Kier molecular flexibility index (Phi) is 3.49. The van der Waals surface area contributed by atoms with Gasteiger partial charge in [-0.15, -0.1) is 0 Å². The summed E-state index contributed by atoms with van der Waals surface area (Å²) in [4.78, 5) is 15.8. The molecule has 0 aliphatic carbocycles. The van der Waals surface area contributed by atoms with Crippen molar-refractivity contribution < 1.29 is 9.21 Å². The van der Waals surface area contributed by atoms with E-state index in [2.05, 4.69) is 26.2 Å². The first-order chi connectivity index (χ1) is 8.06. The van der Waals surface area contributed by atoms with Crippen LogP contribution in [0, 0.1) is 6.92 Å². The van der Waals surface area contributed by atoms with Crippen molar-refractivity contribution in [2.45, 2.75) is 6.92 Å². The van der Waals surface area contributed by atoms with Crippen LogP contribution in [0.15, 0.2) is 33.4 Å². The first-order valence-corrected chi connectivity index (χ1v) is 5.92. The Balaban J connectivity index is 2.15. The smallest absolute Gasteiger partial charge is 0.291 e. The number of carbonyl (C=O) groups is 1. The second kappa shape index (κ2) is 4.89. The fraction of sp³-hybridized carbons (Fsp3) is 0.0909. The molecule has 0 atom stereocenters. The van der Waals surface area contributed by atoms with Crippen LogP contribution in [0.2, 0.25) is 5.22 Å². The number of anilines is 1. The minimum Gasteiger partial charge on any atom is -0.440 e. The number of nitrogens with one attached hydrogen (secondary N) is 1. The van der Waals surface area contributed by atoms with Crippen molar-refractivity contribution in [2.75, 3.05) is 5.32 Å². The summed E-state index contributed by atoms with van der Waals surface area (Å²) in [5, 5.41) is 2.85. The lowest BCUT2D eigenvalue weighted by atomic mass is 10.3. The molecule has 17 heavy (non-hydrogen) atoms. The highest BCUT2D eigenvalue weighted by molar-refractivity contribution is 9.10. The van der Waals surface area contributed by atoms with Crippen molar-refractivity contribution in [1.82, 2.24) is 4.98 Å². The van der Waals surface area contributed by atoms with Crippen LogP contribution in [0.25, 0.3) is 0 Å². The van der Waals surface area contributed by atoms with Gasteiger partial charge in [-0.3, -0.25) is 4.79 Å². The maximum Gasteiger partial charge on any atom is 0.291 e. The van der Waals surface area contributed by atoms with Gasteiger partial charge < -0.3 is 9.73 Å². The summed E-state index contributed by atoms with van der Waals surface area (Å²) in [5.74, 6) is -0.198. The van der Waals surface area contributed by atoms with E-state index in [0.717, 1.165) is 10.2 Å². The van der Waals surface area contributed by atoms with Crippen molar-refractivity contribution in [3.8, 4) is 0 Å². The largest absolute Gasteiger partial charge is 0.440 e. The fourth-order valence-corrected chi connectivity index (χ4v) is 1.62. The van der Waals surface area contributed by atoms with Gasteiger partial charge in [0.2, 0.25) is 0 Å². The van der Waals surface area contributed by atoms with E-state index in [1.807, 2.05) is 6.92 Å². The summed E-state index contributed by atoms with van der Waals surface area (Å²) >= 11 is 8.87. The van der Waals surface area contributed by atoms with E-state index in [9.17, 15) is 4.79 Å². The molecule has 0 fully saturated rings. The zero-order chi connectivity index (χ0) is 12.4. The maximum absolute atomic E-state index is 11.7. The molecule has 4 nitrogen and oxygen atoms in total. The number of aryl methyl sites for hydroxylation is 1. The SMILES string of the molecule is Cc1cc(NC(=O)c2ccc(Cl)o2)cnc1Br. The average molecular weight is 316 g/mol. The molecule has 2 rings (SSSR count). The average Bonchev–Trinajstić information content (AvgIpc) is 2.70. The highest BCUT2D eigenvalue weighted by atomic mass is 79.9. The van der Waals surface area contributed by atoms with Crippen LogP contribution in [0.3, 0.4) is 0 Å². The molecule has 0 radical (unpaired) electrons. The Labute approximate surface area is 111 Å². The molecule has 0 aliphatic rings. The standard InChI is InChI=1S/C11H8BrClN2O2/c1-6-4-7(5-14-10(6)12)15-11(16)8-2-3-9(13)17-8/h2-5H,1H3,(H,15,16). The Bertz CT molecular complexity index is 568. The third-order valence-electron chi connectivity index (χ3n) is 2.07. The monoisotopic (exact) mass is 314 g/mol. The lowest BCUT2D eigenvalue weighted by Crippen LogP contribution is -2.11. The van der Waals surface area contributed by atoms with Crippen LogP contribution in [0.4, 0.5) is 5.69 Å². The Morgan fingerprint density at radius 1 is 1.53 bits per heavy atom. The number of aromatic nitrogens is 1. The van der Waals surface area contributed by atoms with Crippen molar-refractivity contribution in [3.63, 3.8) is 0 Å². The van der Waals surface area contributed by atoms with Crippen LogP contribution in [-0.2, 0) is 0 Å². The molecule has 0 aromatic carbocycles. The number of furan rings is 1. The van der Waals surface area contributed by atoms with E-state index in [1.54, 1.807) is 12.3 Å². The van der Waals surface area contributed by atoms with E-state index in [-0.39, 0.29) is 16.9 Å². The predicted molar refractivity (Wildman–Crippen MR) is 68.3 cm³/mol. The van der Waals surface area contributed by atoms with Crippen molar-refractivity contribution in [1.29, 1.82) is 0 Å². The van der Waals surface area contributed by atoms with Gasteiger partial charge in [-0.1, -0.05) is 0 Å². The molecule has 6 heteroatoms. The molecule has 1 N–H and O–H groups in total. The molecule has 1 amide bonds. The van der Waals surface area contributed by atoms with Crippen molar-refractivity contribution in [2.24, 2.45) is 0 Å². The van der Waals surface area contributed by atoms with Gasteiger partial charge in [0, 0.05) is 0 Å². The molecule has 2 heterocycles. The molecular formula is C11H8BrClN2O2. The molecule has 0 aliphatic heterocycles. The topological polar surface area (TPSA) is 55.1 Å². The fourth-order valence-electron chi connectivity index (χ4n) is 1.26. The number of halogens is 2. The Hall–Kier alpha value is -1.33. The van der Waals surface area contributed by atoms with Gasteiger partial charge in [0.25, 0.3) is 5.91 Å². The highest BCUT2D eigenvalue weighted by Crippen LogP contribution is 2.18. The molecule has 2 aromatic heterocycles. The van der Waals surface area contributed by atoms with Crippen LogP contribution in [0.1, 0.15) is 16.1 Å². The van der Waals surface area contributed by atoms with Crippen molar-refractivity contribution in [3.05, 3.63) is 45.5 Å². The molecule has 0 saturated heterocycles. The number of nitrogens with zero attached hydrogens (tertiary/aromatic N) is 1. The molecule has 0 spiro atoms. The molecule has 0 bridgehead atoms. The van der Waals surface area contributed by atoms with E-state index < -0.39 is 0 Å². The van der Waals surface area contributed by atoms with Crippen LogP contribution >= 0.6 is 27.5 Å². The lowest BCUT2D eigenvalue weighted by Gasteiger charge is -2.04. The van der Waals surface area contributed by atoms with Gasteiger partial charge in [0.15, 0.2) is 11.0 Å². The lowest BCUT2D eigenvalue weighted by molar-refractivity contribution is 0.0996. The molecule has 88 valence electrons. The summed E-state index contributed by atoms with van der Waals surface area (Å²) in [7, 11) is 0. The minimum absolute atomic E-state index is 0.163. The van der Waals surface area contributed by atoms with E-state index >= 15 is 0 Å². The zero-order valence-corrected chi connectivity index (χ0v) is 11.2. The molecular weight excluding hydrogens is 307 g/mol. The first-order valence-electron chi connectivity index (χ1n) is 4.75. The number of amides is 1. The summed E-state index contributed by atoms with van der Waals surface area (Å²) in [6.45, 7) is 1.89. The highest BCUT2D eigenvalue weighted by Gasteiger charge is 2.11. The Morgan fingerprint density at radius 2 is 2.29 bits per heavy atom. The van der Waals surface area contributed by atoms with Gasteiger partial charge in [-0.05, 0) is 58.2 Å². The predicted octanol–water partition coefficient (Wildman–Crippen LogP) is 3.65. The minimum atomic E-state index is -0.361. The number of pyridine rings is 1. The summed E-state index contributed by atoms with van der Waals surface area (Å²) in [5.41, 5.74) is 1.53. The number of rotatable bonds is 2. The summed E-state index contributed by atoms with van der Waals surface area (Å²) in [6, 6.07) is 4.83. The van der Waals surface area contributed by atoms with E-state index in [4.69, 9.17) is 16.0 Å². The second-order valence-corrected chi connectivity index (χ2v) is 4.51. The first kappa shape index (κ1) is 12.1. The number of hydrogen-bond acceptors (Lipinski definition) is 3. The normalized spacial score (nSPS) is 10.3. The second-order valence-electron chi connectivity index (χ2n) is 3.39. The van der Waals surface area contributed by atoms with E-state index in [1.165, 1.54) is 12.1 Å². The maximum atomic E-state index is 11.7. The van der Waals surface area contributed by atoms with Crippen LogP contribution in [-0.4, -0.2) is 10.9 Å². The zero-order valence-electron chi connectivity index (χ0n) is 8.83. The molecule has 0 saturated carbocycles. The van der Waals surface area contributed by atoms with Gasteiger partial charge >= 0.3 is 0 Å². The van der Waals surface area contributed by atoms with Gasteiger partial charge in [-0.25, -0.2) is 4.98 Å². The summed E-state index contributed by atoms with van der Waals surface area (Å²) < 4.78 is 5.74. The number of carbonyl (C=O) groups excluding carboxylic acids is 1. The van der Waals surface area contributed by atoms with Crippen molar-refractivity contribution >= 4 is 39.1 Å².